The minimum Gasteiger partial charge on any atom is -0.491 e. The van der Waals surface area contributed by atoms with Gasteiger partial charge in [-0.2, -0.15) is 0 Å². The number of ether oxygens (including phenoxy) is 1. The topological polar surface area (TPSA) is 62.9 Å². The molecule has 2 aromatic rings. The Balaban J connectivity index is 1.68. The maximum Gasteiger partial charge on any atom is 0.336 e. The number of benzene rings is 1. The summed E-state index contributed by atoms with van der Waals surface area (Å²) in [4.78, 5) is 13.8. The summed E-state index contributed by atoms with van der Waals surface area (Å²) in [5.74, 6) is 0.720. The van der Waals surface area contributed by atoms with Crippen LogP contribution < -0.4 is 10.4 Å². The third-order valence-corrected chi connectivity index (χ3v) is 4.60. The first kappa shape index (κ1) is 17.0. The van der Waals surface area contributed by atoms with Crippen LogP contribution in [0.2, 0.25) is 0 Å². The van der Waals surface area contributed by atoms with Crippen LogP contribution in [0.3, 0.4) is 0 Å². The highest BCUT2D eigenvalue weighted by Crippen LogP contribution is 2.27. The Labute approximate surface area is 141 Å². The molecule has 0 saturated carbocycles. The van der Waals surface area contributed by atoms with Gasteiger partial charge in [0.05, 0.1) is 0 Å². The fourth-order valence-electron chi connectivity index (χ4n) is 3.28. The van der Waals surface area contributed by atoms with Gasteiger partial charge in [-0.05, 0) is 63.0 Å². The maximum absolute atomic E-state index is 11.5. The molecule has 24 heavy (non-hydrogen) atoms. The van der Waals surface area contributed by atoms with Gasteiger partial charge in [-0.15, -0.1) is 0 Å². The van der Waals surface area contributed by atoms with Gasteiger partial charge in [0.1, 0.15) is 24.0 Å². The summed E-state index contributed by atoms with van der Waals surface area (Å²) in [7, 11) is 0. The molecular formula is C19H25NO4. The van der Waals surface area contributed by atoms with Crippen molar-refractivity contribution in [2.75, 3.05) is 26.2 Å². The predicted molar refractivity (Wildman–Crippen MR) is 93.8 cm³/mol. The zero-order valence-electron chi connectivity index (χ0n) is 14.4. The van der Waals surface area contributed by atoms with Crippen LogP contribution in [0.15, 0.2) is 27.4 Å². The van der Waals surface area contributed by atoms with Crippen LogP contribution >= 0.6 is 0 Å². The molecule has 1 saturated heterocycles. The molecule has 1 aliphatic rings. The van der Waals surface area contributed by atoms with Crippen molar-refractivity contribution in [2.24, 2.45) is 0 Å². The van der Waals surface area contributed by atoms with Gasteiger partial charge in [0.25, 0.3) is 0 Å². The number of hydrogen-bond donors (Lipinski definition) is 1. The van der Waals surface area contributed by atoms with Crippen molar-refractivity contribution in [1.82, 2.24) is 4.90 Å². The van der Waals surface area contributed by atoms with Crippen LogP contribution in [-0.2, 0) is 0 Å². The second kappa shape index (κ2) is 7.36. The SMILES string of the molecule is Cc1cc2oc(=O)cc(C)c2cc1OC[C@@H](O)CN1CCCCC1. The van der Waals surface area contributed by atoms with Crippen molar-refractivity contribution >= 4 is 11.0 Å². The molecule has 5 heteroatoms. The Morgan fingerprint density at radius 3 is 2.67 bits per heavy atom. The highest BCUT2D eigenvalue weighted by atomic mass is 16.5. The number of likely N-dealkylation sites (tertiary alicyclic amines) is 1. The maximum atomic E-state index is 11.5. The average molecular weight is 331 g/mol. The minimum absolute atomic E-state index is 0.263. The molecule has 2 heterocycles. The van der Waals surface area contributed by atoms with Crippen molar-refractivity contribution in [3.8, 4) is 5.75 Å². The van der Waals surface area contributed by atoms with Gasteiger partial charge >= 0.3 is 5.63 Å². The molecule has 1 aromatic carbocycles. The van der Waals surface area contributed by atoms with E-state index >= 15 is 0 Å². The first-order chi connectivity index (χ1) is 11.5. The third-order valence-electron chi connectivity index (χ3n) is 4.60. The molecule has 3 rings (SSSR count). The molecule has 0 radical (unpaired) electrons. The lowest BCUT2D eigenvalue weighted by Crippen LogP contribution is -2.38. The molecular weight excluding hydrogens is 306 g/mol. The Kier molecular flexibility index (Phi) is 5.21. The highest BCUT2D eigenvalue weighted by Gasteiger charge is 2.16. The lowest BCUT2D eigenvalue weighted by atomic mass is 10.1. The van der Waals surface area contributed by atoms with Crippen LogP contribution in [0.1, 0.15) is 30.4 Å². The molecule has 0 spiro atoms. The molecule has 0 aliphatic carbocycles. The van der Waals surface area contributed by atoms with Crippen LogP contribution in [0.25, 0.3) is 11.0 Å². The molecule has 1 atom stereocenters. The van der Waals surface area contributed by atoms with E-state index in [1.54, 1.807) is 0 Å². The summed E-state index contributed by atoms with van der Waals surface area (Å²) >= 11 is 0. The van der Waals surface area contributed by atoms with E-state index in [1.807, 2.05) is 26.0 Å². The number of hydrogen-bond acceptors (Lipinski definition) is 5. The number of aliphatic hydroxyl groups is 1. The molecule has 5 nitrogen and oxygen atoms in total. The Morgan fingerprint density at radius 1 is 1.17 bits per heavy atom. The second-order valence-electron chi connectivity index (χ2n) is 6.69. The standard InChI is InChI=1S/C19H25NO4/c1-13-9-19(22)24-18-8-14(2)17(10-16(13)18)23-12-15(21)11-20-6-4-3-5-7-20/h8-10,15,21H,3-7,11-12H2,1-2H3/t15-/m0/s1. The van der Waals surface area contributed by atoms with Gasteiger partial charge in [0.2, 0.25) is 0 Å². The second-order valence-corrected chi connectivity index (χ2v) is 6.69. The number of piperidine rings is 1. The fraction of sp³-hybridized carbons (Fsp3) is 0.526. The van der Waals surface area contributed by atoms with Crippen LogP contribution in [-0.4, -0.2) is 42.4 Å². The normalized spacial score (nSPS) is 17.1. The average Bonchev–Trinajstić information content (AvgIpc) is 2.54. The van der Waals surface area contributed by atoms with Gasteiger partial charge in [-0.1, -0.05) is 6.42 Å². The zero-order chi connectivity index (χ0) is 17.1. The Hall–Kier alpha value is -1.85. The van der Waals surface area contributed by atoms with Crippen molar-refractivity contribution in [3.05, 3.63) is 39.7 Å². The van der Waals surface area contributed by atoms with E-state index in [-0.39, 0.29) is 12.2 Å². The van der Waals surface area contributed by atoms with Crippen molar-refractivity contribution in [3.63, 3.8) is 0 Å². The first-order valence-corrected chi connectivity index (χ1v) is 8.61. The van der Waals surface area contributed by atoms with E-state index < -0.39 is 6.10 Å². The smallest absolute Gasteiger partial charge is 0.336 e. The van der Waals surface area contributed by atoms with E-state index in [2.05, 4.69) is 4.90 Å². The summed E-state index contributed by atoms with van der Waals surface area (Å²) in [6.07, 6.45) is 3.20. The minimum atomic E-state index is -0.506. The number of nitrogens with zero attached hydrogens (tertiary/aromatic N) is 1. The van der Waals surface area contributed by atoms with E-state index in [0.717, 1.165) is 35.4 Å². The summed E-state index contributed by atoms with van der Waals surface area (Å²) < 4.78 is 11.1. The quantitative estimate of drug-likeness (QED) is 0.854. The van der Waals surface area contributed by atoms with E-state index in [9.17, 15) is 9.90 Å². The van der Waals surface area contributed by atoms with E-state index in [1.165, 1.54) is 25.3 Å². The third kappa shape index (κ3) is 3.97. The van der Waals surface area contributed by atoms with Gasteiger partial charge in [0.15, 0.2) is 0 Å². The molecule has 1 aliphatic heterocycles. The fourth-order valence-corrected chi connectivity index (χ4v) is 3.28. The van der Waals surface area contributed by atoms with Crippen molar-refractivity contribution < 1.29 is 14.3 Å². The van der Waals surface area contributed by atoms with Gasteiger partial charge in [0, 0.05) is 18.0 Å². The van der Waals surface area contributed by atoms with Crippen molar-refractivity contribution in [1.29, 1.82) is 0 Å². The van der Waals surface area contributed by atoms with Crippen LogP contribution in [0, 0.1) is 13.8 Å². The molecule has 1 N–H and O–H groups in total. The van der Waals surface area contributed by atoms with Crippen molar-refractivity contribution in [2.45, 2.75) is 39.2 Å². The lowest BCUT2D eigenvalue weighted by Gasteiger charge is -2.28. The van der Waals surface area contributed by atoms with Crippen LogP contribution in [0.5, 0.6) is 5.75 Å². The zero-order valence-corrected chi connectivity index (χ0v) is 14.4. The molecule has 0 amide bonds. The number of β-amino-alcohol motifs (C(OH)–C–C–N with tert-alkyl or cyclic N) is 1. The molecule has 1 aromatic heterocycles. The Morgan fingerprint density at radius 2 is 1.92 bits per heavy atom. The van der Waals surface area contributed by atoms with Gasteiger partial charge in [-0.3, -0.25) is 0 Å². The molecule has 0 unspecified atom stereocenters. The van der Waals surface area contributed by atoms with E-state index in [4.69, 9.17) is 9.15 Å². The Bertz CT molecular complexity index is 762. The number of fused-ring (bicyclic) bond motifs is 1. The van der Waals surface area contributed by atoms with Crippen LogP contribution in [0.4, 0.5) is 0 Å². The number of aryl methyl sites for hydroxylation is 2. The summed E-state index contributed by atoms with van der Waals surface area (Å²) in [6, 6.07) is 5.18. The largest absolute Gasteiger partial charge is 0.491 e. The van der Waals surface area contributed by atoms with E-state index in [0.29, 0.717) is 12.1 Å². The summed E-state index contributed by atoms with van der Waals surface area (Å²) in [6.45, 7) is 6.82. The first-order valence-electron chi connectivity index (χ1n) is 8.61. The summed E-state index contributed by atoms with van der Waals surface area (Å²) in [5.41, 5.74) is 1.98. The molecule has 130 valence electrons. The summed E-state index contributed by atoms with van der Waals surface area (Å²) in [5, 5.41) is 11.1. The predicted octanol–water partition coefficient (Wildman–Crippen LogP) is 2.64. The number of aliphatic hydroxyl groups excluding tert-OH is 1. The molecule has 1 fully saturated rings. The number of rotatable bonds is 5. The molecule has 0 bridgehead atoms. The highest BCUT2D eigenvalue weighted by molar-refractivity contribution is 5.82. The van der Waals surface area contributed by atoms with Gasteiger partial charge in [-0.25, -0.2) is 4.79 Å². The lowest BCUT2D eigenvalue weighted by molar-refractivity contribution is 0.0615. The van der Waals surface area contributed by atoms with Gasteiger partial charge < -0.3 is 19.2 Å². The monoisotopic (exact) mass is 331 g/mol.